The summed E-state index contributed by atoms with van der Waals surface area (Å²) in [6, 6.07) is 0. The topological polar surface area (TPSA) is 114 Å². The van der Waals surface area contributed by atoms with Crippen LogP contribution >= 0.6 is 0 Å². The van der Waals surface area contributed by atoms with Crippen molar-refractivity contribution in [2.24, 2.45) is 5.14 Å². The van der Waals surface area contributed by atoms with Crippen LogP contribution in [0.4, 0.5) is 4.79 Å². The third-order valence-corrected chi connectivity index (χ3v) is 3.90. The van der Waals surface area contributed by atoms with Gasteiger partial charge in [0.1, 0.15) is 5.60 Å². The molecule has 0 bridgehead atoms. The Bertz CT molecular complexity index is 524. The second-order valence-corrected chi connectivity index (χ2v) is 9.71. The molecule has 0 aliphatic heterocycles. The van der Waals surface area contributed by atoms with Crippen LogP contribution in [0.3, 0.4) is 0 Å². The Morgan fingerprint density at radius 1 is 1.08 bits per heavy atom. The number of nitrogens with two attached hydrogens (primary N) is 1. The number of hydrogen-bond donors (Lipinski definition) is 3. The van der Waals surface area contributed by atoms with Gasteiger partial charge >= 0.3 is 6.09 Å². The summed E-state index contributed by atoms with van der Waals surface area (Å²) in [6.45, 7) is 14.0. The molecule has 0 spiro atoms. The third-order valence-electron chi connectivity index (χ3n) is 3.06. The Labute approximate surface area is 146 Å². The molecule has 0 radical (unpaired) electrons. The van der Waals surface area contributed by atoms with Crippen molar-refractivity contribution >= 4 is 16.3 Å². The average molecular weight is 367 g/mol. The average Bonchev–Trinajstić information content (AvgIpc) is 2.20. The SMILES string of the molecule is CN(CCNC(C)(C)CC(C)(C)NS(N)(=O)=O)C(=O)OC(C)(C)C. The minimum Gasteiger partial charge on any atom is -0.444 e. The molecule has 0 aromatic heterocycles. The number of hydrogen-bond acceptors (Lipinski definition) is 5. The molecule has 8 nitrogen and oxygen atoms in total. The zero-order valence-electron chi connectivity index (χ0n) is 16.2. The molecule has 9 heteroatoms. The number of nitrogens with one attached hydrogen (secondary N) is 2. The Morgan fingerprint density at radius 2 is 1.58 bits per heavy atom. The van der Waals surface area contributed by atoms with E-state index in [1.165, 1.54) is 4.90 Å². The van der Waals surface area contributed by atoms with Gasteiger partial charge in [-0.05, 0) is 54.9 Å². The smallest absolute Gasteiger partial charge is 0.410 e. The highest BCUT2D eigenvalue weighted by atomic mass is 32.2. The van der Waals surface area contributed by atoms with Crippen molar-refractivity contribution in [1.29, 1.82) is 0 Å². The molecule has 0 fully saturated rings. The molecule has 24 heavy (non-hydrogen) atoms. The molecule has 0 rings (SSSR count). The number of carbonyl (C=O) groups excluding carboxylic acids is 1. The Kier molecular flexibility index (Phi) is 7.69. The Balaban J connectivity index is 4.46. The summed E-state index contributed by atoms with van der Waals surface area (Å²) >= 11 is 0. The van der Waals surface area contributed by atoms with Crippen molar-refractivity contribution in [3.8, 4) is 0 Å². The maximum atomic E-state index is 11.9. The number of likely N-dealkylation sites (N-methyl/N-ethyl adjacent to an activating group) is 1. The minimum atomic E-state index is -3.76. The molecule has 4 N–H and O–H groups in total. The maximum Gasteiger partial charge on any atom is 0.410 e. The van der Waals surface area contributed by atoms with E-state index < -0.39 is 21.3 Å². The monoisotopic (exact) mass is 366 g/mol. The van der Waals surface area contributed by atoms with Gasteiger partial charge in [-0.15, -0.1) is 0 Å². The van der Waals surface area contributed by atoms with E-state index in [0.717, 1.165) is 0 Å². The second-order valence-electron chi connectivity index (χ2n) is 8.42. The van der Waals surface area contributed by atoms with Crippen LogP contribution in [0, 0.1) is 0 Å². The summed E-state index contributed by atoms with van der Waals surface area (Å²) < 4.78 is 30.1. The number of carbonyl (C=O) groups is 1. The Morgan fingerprint density at radius 3 is 2.00 bits per heavy atom. The highest BCUT2D eigenvalue weighted by molar-refractivity contribution is 7.87. The van der Waals surface area contributed by atoms with Crippen LogP contribution in [0.5, 0.6) is 0 Å². The fraction of sp³-hybridized carbons (Fsp3) is 0.933. The maximum absolute atomic E-state index is 11.9. The number of ether oxygens (including phenoxy) is 1. The lowest BCUT2D eigenvalue weighted by Crippen LogP contribution is -2.54. The van der Waals surface area contributed by atoms with Gasteiger partial charge in [0.15, 0.2) is 0 Å². The van der Waals surface area contributed by atoms with Gasteiger partial charge in [-0.25, -0.2) is 9.93 Å². The highest BCUT2D eigenvalue weighted by Crippen LogP contribution is 2.20. The van der Waals surface area contributed by atoms with Crippen LogP contribution in [0.2, 0.25) is 0 Å². The first kappa shape index (κ1) is 23.1. The molecule has 0 aromatic rings. The molecule has 0 heterocycles. The van der Waals surface area contributed by atoms with Crippen LogP contribution in [-0.4, -0.2) is 56.2 Å². The number of amides is 1. The quantitative estimate of drug-likeness (QED) is 0.597. The molecule has 0 saturated heterocycles. The summed E-state index contributed by atoms with van der Waals surface area (Å²) in [5.74, 6) is 0. The van der Waals surface area contributed by atoms with Gasteiger partial charge in [0.2, 0.25) is 0 Å². The molecule has 1 amide bonds. The van der Waals surface area contributed by atoms with Crippen LogP contribution in [0.25, 0.3) is 0 Å². The first-order chi connectivity index (χ1) is 10.4. The number of rotatable bonds is 8. The normalized spacial score (nSPS) is 13.7. The van der Waals surface area contributed by atoms with Crippen LogP contribution in [0.15, 0.2) is 0 Å². The largest absolute Gasteiger partial charge is 0.444 e. The molecule has 0 aromatic carbocycles. The molecule has 0 atom stereocenters. The van der Waals surface area contributed by atoms with Crippen molar-refractivity contribution in [2.75, 3.05) is 20.1 Å². The first-order valence-corrected chi connectivity index (χ1v) is 9.48. The van der Waals surface area contributed by atoms with Crippen molar-refractivity contribution < 1.29 is 17.9 Å². The molecular formula is C15H34N4O4S. The van der Waals surface area contributed by atoms with Crippen LogP contribution in [0.1, 0.15) is 54.9 Å². The van der Waals surface area contributed by atoms with Crippen molar-refractivity contribution in [2.45, 2.75) is 71.6 Å². The molecule has 0 aliphatic rings. The fourth-order valence-corrected chi connectivity index (χ4v) is 3.42. The lowest BCUT2D eigenvalue weighted by atomic mass is 9.88. The summed E-state index contributed by atoms with van der Waals surface area (Å²) in [7, 11) is -2.09. The van der Waals surface area contributed by atoms with Gasteiger partial charge in [-0.3, -0.25) is 0 Å². The van der Waals surface area contributed by atoms with Gasteiger partial charge in [0, 0.05) is 31.2 Å². The minimum absolute atomic E-state index is 0.351. The highest BCUT2D eigenvalue weighted by Gasteiger charge is 2.31. The van der Waals surface area contributed by atoms with E-state index in [0.29, 0.717) is 19.5 Å². The van der Waals surface area contributed by atoms with Gasteiger partial charge in [0.25, 0.3) is 10.2 Å². The number of nitrogens with zero attached hydrogens (tertiary/aromatic N) is 1. The first-order valence-electron chi connectivity index (χ1n) is 7.93. The van der Waals surface area contributed by atoms with Crippen LogP contribution < -0.4 is 15.2 Å². The fourth-order valence-electron chi connectivity index (χ4n) is 2.58. The van der Waals surface area contributed by atoms with E-state index in [-0.39, 0.29) is 11.6 Å². The van der Waals surface area contributed by atoms with Crippen molar-refractivity contribution in [3.05, 3.63) is 0 Å². The van der Waals surface area contributed by atoms with Crippen molar-refractivity contribution in [3.63, 3.8) is 0 Å². The van der Waals surface area contributed by atoms with E-state index >= 15 is 0 Å². The lowest BCUT2D eigenvalue weighted by Gasteiger charge is -2.36. The lowest BCUT2D eigenvalue weighted by molar-refractivity contribution is 0.0296. The van der Waals surface area contributed by atoms with E-state index in [9.17, 15) is 13.2 Å². The molecule has 0 saturated carbocycles. The van der Waals surface area contributed by atoms with E-state index in [1.54, 1.807) is 20.9 Å². The third kappa shape index (κ3) is 11.6. The van der Waals surface area contributed by atoms with E-state index in [4.69, 9.17) is 9.88 Å². The zero-order chi connectivity index (χ0) is 19.4. The summed E-state index contributed by atoms with van der Waals surface area (Å²) in [4.78, 5) is 13.4. The summed E-state index contributed by atoms with van der Waals surface area (Å²) in [6.07, 6.45) is 0.144. The van der Waals surface area contributed by atoms with Crippen molar-refractivity contribution in [1.82, 2.24) is 14.9 Å². The van der Waals surface area contributed by atoms with E-state index in [2.05, 4.69) is 10.0 Å². The predicted molar refractivity (Wildman–Crippen MR) is 95.9 cm³/mol. The molecule has 0 unspecified atom stereocenters. The van der Waals surface area contributed by atoms with E-state index in [1.807, 2.05) is 34.6 Å². The molecule has 144 valence electrons. The van der Waals surface area contributed by atoms with Gasteiger partial charge in [-0.2, -0.15) is 13.1 Å². The Hall–Kier alpha value is -0.900. The van der Waals surface area contributed by atoms with Crippen LogP contribution in [-0.2, 0) is 14.9 Å². The van der Waals surface area contributed by atoms with Gasteiger partial charge in [-0.1, -0.05) is 0 Å². The van der Waals surface area contributed by atoms with Gasteiger partial charge < -0.3 is 15.0 Å². The predicted octanol–water partition coefficient (Wildman–Crippen LogP) is 1.18. The zero-order valence-corrected chi connectivity index (χ0v) is 17.0. The van der Waals surface area contributed by atoms with Gasteiger partial charge in [0.05, 0.1) is 0 Å². The standard InChI is InChI=1S/C15H34N4O4S/c1-13(2,3)23-12(20)19(8)10-9-17-14(4,5)11-15(6,7)18-24(16,21)22/h17-18H,9-11H2,1-8H3,(H2,16,21,22). The summed E-state index contributed by atoms with van der Waals surface area (Å²) in [5.41, 5.74) is -1.57. The molecule has 0 aliphatic carbocycles. The summed E-state index contributed by atoms with van der Waals surface area (Å²) in [5, 5.41) is 8.37. The molecular weight excluding hydrogens is 332 g/mol. The second kappa shape index (κ2) is 7.99.